The number of unbranched alkanes of at least 4 members (excludes halogenated alkanes) is 2. The van der Waals surface area contributed by atoms with Crippen LogP contribution in [0.25, 0.3) is 0 Å². The lowest BCUT2D eigenvalue weighted by Crippen LogP contribution is -2.17. The number of terminal acetylenes is 1. The highest BCUT2D eigenvalue weighted by Crippen LogP contribution is 2.29. The molecule has 1 heterocycles. The van der Waals surface area contributed by atoms with E-state index in [1.54, 1.807) is 0 Å². The van der Waals surface area contributed by atoms with E-state index in [1.165, 1.54) is 0 Å². The minimum Gasteiger partial charge on any atom is -0.466 e. The van der Waals surface area contributed by atoms with E-state index in [0.717, 1.165) is 42.6 Å². The maximum atomic E-state index is 12.2. The SMILES string of the molecule is C#CCCCCC(C(=O)OCC)c1c(C)nn(C)c1C. The predicted octanol–water partition coefficient (Wildman–Crippen LogP) is 2.88. The molecule has 0 aromatic carbocycles. The third kappa shape index (κ3) is 3.86. The normalized spacial score (nSPS) is 11.9. The molecule has 0 saturated carbocycles. The molecule has 0 aliphatic rings. The van der Waals surface area contributed by atoms with Gasteiger partial charge in [0.15, 0.2) is 0 Å². The molecule has 4 heteroatoms. The Morgan fingerprint density at radius 2 is 2.15 bits per heavy atom. The fraction of sp³-hybridized carbons (Fsp3) is 0.625. The summed E-state index contributed by atoms with van der Waals surface area (Å²) in [4.78, 5) is 12.2. The van der Waals surface area contributed by atoms with Crippen molar-refractivity contribution in [3.63, 3.8) is 0 Å². The van der Waals surface area contributed by atoms with Crippen molar-refractivity contribution in [3.05, 3.63) is 17.0 Å². The van der Waals surface area contributed by atoms with E-state index in [0.29, 0.717) is 6.61 Å². The van der Waals surface area contributed by atoms with Gasteiger partial charge in [0.1, 0.15) is 0 Å². The highest BCUT2D eigenvalue weighted by molar-refractivity contribution is 5.78. The average molecular weight is 276 g/mol. The standard InChI is InChI=1S/C16H24N2O2/c1-6-8-9-10-11-14(16(19)20-7-2)15-12(3)17-18(5)13(15)4/h1,14H,7-11H2,2-5H3. The Morgan fingerprint density at radius 3 is 2.65 bits per heavy atom. The average Bonchev–Trinajstić information content (AvgIpc) is 2.65. The van der Waals surface area contributed by atoms with Crippen molar-refractivity contribution in [3.8, 4) is 12.3 Å². The lowest BCUT2D eigenvalue weighted by molar-refractivity contribution is -0.145. The van der Waals surface area contributed by atoms with Crippen LogP contribution in [-0.2, 0) is 16.6 Å². The molecule has 0 aliphatic heterocycles. The Labute approximate surface area is 121 Å². The van der Waals surface area contributed by atoms with E-state index in [4.69, 9.17) is 11.2 Å². The van der Waals surface area contributed by atoms with E-state index in [2.05, 4.69) is 11.0 Å². The number of rotatable bonds is 7. The summed E-state index contributed by atoms with van der Waals surface area (Å²) >= 11 is 0. The second kappa shape index (κ2) is 7.74. The minimum atomic E-state index is -0.235. The van der Waals surface area contributed by atoms with Gasteiger partial charge in [0, 0.05) is 24.7 Å². The number of carbonyl (C=O) groups is 1. The summed E-state index contributed by atoms with van der Waals surface area (Å²) < 4.78 is 7.04. The Bertz CT molecular complexity index is 497. The number of aromatic nitrogens is 2. The van der Waals surface area contributed by atoms with E-state index >= 15 is 0 Å². The van der Waals surface area contributed by atoms with Gasteiger partial charge >= 0.3 is 5.97 Å². The van der Waals surface area contributed by atoms with Crippen molar-refractivity contribution < 1.29 is 9.53 Å². The lowest BCUT2D eigenvalue weighted by atomic mass is 9.91. The Morgan fingerprint density at radius 1 is 1.45 bits per heavy atom. The number of ether oxygens (including phenoxy) is 1. The Kier molecular flexibility index (Phi) is 6.30. The molecule has 1 aromatic heterocycles. The van der Waals surface area contributed by atoms with Crippen LogP contribution in [0.2, 0.25) is 0 Å². The molecule has 4 nitrogen and oxygen atoms in total. The van der Waals surface area contributed by atoms with Crippen molar-refractivity contribution in [2.75, 3.05) is 6.61 Å². The summed E-state index contributed by atoms with van der Waals surface area (Å²) in [6.07, 6.45) is 8.62. The van der Waals surface area contributed by atoms with Crippen molar-refractivity contribution in [1.29, 1.82) is 0 Å². The first-order valence-electron chi connectivity index (χ1n) is 7.13. The molecule has 0 bridgehead atoms. The quantitative estimate of drug-likeness (QED) is 0.437. The summed E-state index contributed by atoms with van der Waals surface area (Å²) in [5.41, 5.74) is 2.93. The molecule has 110 valence electrons. The minimum absolute atomic E-state index is 0.160. The molecular formula is C16H24N2O2. The number of carbonyl (C=O) groups excluding carboxylic acids is 1. The number of hydrogen-bond donors (Lipinski definition) is 0. The number of nitrogens with zero attached hydrogens (tertiary/aromatic N) is 2. The number of esters is 1. The van der Waals surface area contributed by atoms with Crippen molar-refractivity contribution in [2.45, 2.75) is 52.4 Å². The molecule has 1 unspecified atom stereocenters. The van der Waals surface area contributed by atoms with Gasteiger partial charge in [-0.3, -0.25) is 9.48 Å². The van der Waals surface area contributed by atoms with Crippen LogP contribution in [0.1, 0.15) is 55.5 Å². The predicted molar refractivity (Wildman–Crippen MR) is 79.4 cm³/mol. The highest BCUT2D eigenvalue weighted by Gasteiger charge is 2.27. The van der Waals surface area contributed by atoms with Gasteiger partial charge in [0.05, 0.1) is 18.2 Å². The summed E-state index contributed by atoms with van der Waals surface area (Å²) in [6, 6.07) is 0. The molecule has 1 rings (SSSR count). The molecule has 0 spiro atoms. The summed E-state index contributed by atoms with van der Waals surface area (Å²) in [5.74, 6) is 2.24. The van der Waals surface area contributed by atoms with Crippen molar-refractivity contribution in [1.82, 2.24) is 9.78 Å². The van der Waals surface area contributed by atoms with Gasteiger partial charge in [-0.2, -0.15) is 5.10 Å². The van der Waals surface area contributed by atoms with E-state index < -0.39 is 0 Å². The highest BCUT2D eigenvalue weighted by atomic mass is 16.5. The second-order valence-corrected chi connectivity index (χ2v) is 4.96. The van der Waals surface area contributed by atoms with Crippen LogP contribution < -0.4 is 0 Å². The summed E-state index contributed by atoms with van der Waals surface area (Å²) in [6.45, 7) is 6.16. The van der Waals surface area contributed by atoms with Gasteiger partial charge in [0.2, 0.25) is 0 Å². The van der Waals surface area contributed by atoms with Crippen LogP contribution in [0.5, 0.6) is 0 Å². The fourth-order valence-electron chi connectivity index (χ4n) is 2.49. The lowest BCUT2D eigenvalue weighted by Gasteiger charge is -2.16. The van der Waals surface area contributed by atoms with Gasteiger partial charge in [-0.25, -0.2) is 0 Å². The third-order valence-corrected chi connectivity index (χ3v) is 3.55. The zero-order chi connectivity index (χ0) is 15.1. The zero-order valence-corrected chi connectivity index (χ0v) is 12.9. The van der Waals surface area contributed by atoms with Gasteiger partial charge in [-0.15, -0.1) is 12.3 Å². The van der Waals surface area contributed by atoms with Gasteiger partial charge in [-0.05, 0) is 33.6 Å². The molecule has 20 heavy (non-hydrogen) atoms. The summed E-state index contributed by atoms with van der Waals surface area (Å²) in [5, 5.41) is 4.39. The molecule has 0 aliphatic carbocycles. The second-order valence-electron chi connectivity index (χ2n) is 4.96. The van der Waals surface area contributed by atoms with Gasteiger partial charge in [0.25, 0.3) is 0 Å². The van der Waals surface area contributed by atoms with Crippen molar-refractivity contribution >= 4 is 5.97 Å². The molecule has 0 amide bonds. The van der Waals surface area contributed by atoms with Crippen LogP contribution >= 0.6 is 0 Å². The van der Waals surface area contributed by atoms with Crippen molar-refractivity contribution in [2.24, 2.45) is 7.05 Å². The Hall–Kier alpha value is -1.76. The molecular weight excluding hydrogens is 252 g/mol. The van der Waals surface area contributed by atoms with Crippen LogP contribution in [0.15, 0.2) is 0 Å². The molecule has 0 N–H and O–H groups in total. The monoisotopic (exact) mass is 276 g/mol. The van der Waals surface area contributed by atoms with Crippen LogP contribution in [0, 0.1) is 26.2 Å². The van der Waals surface area contributed by atoms with Crippen LogP contribution in [0.4, 0.5) is 0 Å². The van der Waals surface area contributed by atoms with Gasteiger partial charge < -0.3 is 4.74 Å². The van der Waals surface area contributed by atoms with E-state index in [-0.39, 0.29) is 11.9 Å². The maximum Gasteiger partial charge on any atom is 0.313 e. The van der Waals surface area contributed by atoms with Crippen LogP contribution in [-0.4, -0.2) is 22.4 Å². The first kappa shape index (κ1) is 16.3. The molecule has 1 aromatic rings. The maximum absolute atomic E-state index is 12.2. The van der Waals surface area contributed by atoms with E-state index in [9.17, 15) is 4.79 Å². The summed E-state index contributed by atoms with van der Waals surface area (Å²) in [7, 11) is 1.90. The first-order chi connectivity index (χ1) is 9.52. The first-order valence-corrected chi connectivity index (χ1v) is 7.13. The van der Waals surface area contributed by atoms with E-state index in [1.807, 2.05) is 32.5 Å². The van der Waals surface area contributed by atoms with Gasteiger partial charge in [-0.1, -0.05) is 6.42 Å². The third-order valence-electron chi connectivity index (χ3n) is 3.55. The largest absolute Gasteiger partial charge is 0.466 e. The number of aryl methyl sites for hydroxylation is 2. The molecule has 0 saturated heterocycles. The number of hydrogen-bond acceptors (Lipinski definition) is 3. The van der Waals surface area contributed by atoms with Crippen LogP contribution in [0.3, 0.4) is 0 Å². The molecule has 0 fully saturated rings. The topological polar surface area (TPSA) is 44.1 Å². The smallest absolute Gasteiger partial charge is 0.313 e. The Balaban J connectivity index is 2.92. The fourth-order valence-corrected chi connectivity index (χ4v) is 2.49. The molecule has 1 atom stereocenters. The zero-order valence-electron chi connectivity index (χ0n) is 12.9. The molecule has 0 radical (unpaired) electrons.